The average molecular weight is 452 g/mol. The third-order valence-corrected chi connectivity index (χ3v) is 5.38. The molecule has 0 aliphatic carbocycles. The molecule has 1 rings (SSSR count). The number of nitrogens with two attached hydrogens (primary N) is 1. The minimum atomic E-state index is -3.56. The number of benzene rings is 1. The molecule has 0 bridgehead atoms. The Labute approximate surface area is 117 Å². The van der Waals surface area contributed by atoms with Gasteiger partial charge in [0.25, 0.3) is 10.0 Å². The fraction of sp³-hybridized carbons (Fsp3) is 0.250. The highest BCUT2D eigenvalue weighted by Crippen LogP contribution is 2.21. The van der Waals surface area contributed by atoms with E-state index in [1.54, 1.807) is 24.3 Å². The van der Waals surface area contributed by atoms with Crippen LogP contribution in [-0.2, 0) is 10.0 Å². The Morgan fingerprint density at radius 2 is 1.73 bits per heavy atom. The van der Waals surface area contributed by atoms with E-state index in [1.165, 1.54) is 0 Å². The summed E-state index contributed by atoms with van der Waals surface area (Å²) in [6.45, 7) is 1.90. The molecule has 0 aliphatic heterocycles. The molecule has 0 radical (unpaired) electrons. The molecular weight excluding hydrogens is 442 g/mol. The first kappa shape index (κ1) is 13.6. The molecule has 84 valence electrons. The molecule has 0 aliphatic rings. The molecule has 0 saturated carbocycles. The normalized spacial score (nSPS) is 12.4. The number of sulfonamides is 1. The molecule has 1 aromatic carbocycles. The van der Waals surface area contributed by atoms with Gasteiger partial charge >= 0.3 is 0 Å². The van der Waals surface area contributed by atoms with Crippen molar-refractivity contribution in [3.8, 4) is 0 Å². The van der Waals surface area contributed by atoms with Crippen molar-refractivity contribution < 1.29 is 8.42 Å². The number of alkyl halides is 2. The summed E-state index contributed by atoms with van der Waals surface area (Å²) >= 11 is 3.87. The van der Waals surface area contributed by atoms with Crippen molar-refractivity contribution in [3.63, 3.8) is 0 Å². The summed E-state index contributed by atoms with van der Waals surface area (Å²) in [5, 5.41) is 0. The smallest absolute Gasteiger partial charge is 0.253 e. The zero-order valence-corrected chi connectivity index (χ0v) is 13.0. The van der Waals surface area contributed by atoms with Crippen molar-refractivity contribution in [2.75, 3.05) is 0 Å². The number of halogens is 2. The Hall–Kier alpha value is 0.550. The molecular formula is C8H10I2N2O2S. The number of nitrogens with zero attached hydrogens (tertiary/aromatic N) is 1. The van der Waals surface area contributed by atoms with Crippen molar-refractivity contribution >= 4 is 55.2 Å². The Morgan fingerprint density at radius 1 is 1.27 bits per heavy atom. The van der Waals surface area contributed by atoms with Gasteiger partial charge in [-0.3, -0.25) is 5.84 Å². The van der Waals surface area contributed by atoms with Gasteiger partial charge in [-0.2, -0.15) is 0 Å². The van der Waals surface area contributed by atoms with Gasteiger partial charge in [0.2, 0.25) is 0 Å². The van der Waals surface area contributed by atoms with E-state index >= 15 is 0 Å². The first-order valence-electron chi connectivity index (χ1n) is 3.99. The highest BCUT2D eigenvalue weighted by atomic mass is 127. The lowest BCUT2D eigenvalue weighted by molar-refractivity contribution is 0.474. The van der Waals surface area contributed by atoms with E-state index < -0.39 is 10.0 Å². The number of aryl methyl sites for hydroxylation is 1. The maximum atomic E-state index is 11.9. The summed E-state index contributed by atoms with van der Waals surface area (Å²) in [6.07, 6.45) is 0. The van der Waals surface area contributed by atoms with Crippen LogP contribution < -0.4 is 5.84 Å². The monoisotopic (exact) mass is 452 g/mol. The zero-order chi connectivity index (χ0) is 11.6. The molecule has 7 heteroatoms. The quantitative estimate of drug-likeness (QED) is 0.251. The molecule has 15 heavy (non-hydrogen) atoms. The van der Waals surface area contributed by atoms with Crippen LogP contribution in [0.4, 0.5) is 0 Å². The van der Waals surface area contributed by atoms with E-state index in [1.807, 2.05) is 52.1 Å². The topological polar surface area (TPSA) is 63.4 Å². The number of hydrogen-bond donors (Lipinski definition) is 1. The van der Waals surface area contributed by atoms with Crippen LogP contribution in [0.3, 0.4) is 0 Å². The van der Waals surface area contributed by atoms with Crippen molar-refractivity contribution in [3.05, 3.63) is 29.8 Å². The second-order valence-corrected chi connectivity index (χ2v) is 9.51. The standard InChI is InChI=1S/C8H10I2N2O2S/c1-6-2-4-7(5-3-6)15(13,14)12(11)8(9)10/h2-5,8H,11H2,1H3. The van der Waals surface area contributed by atoms with E-state index in [0.29, 0.717) is 0 Å². The van der Waals surface area contributed by atoms with Gasteiger partial charge in [-0.05, 0) is 19.1 Å². The summed E-state index contributed by atoms with van der Waals surface area (Å²) in [7, 11) is -3.56. The number of hydrogen-bond acceptors (Lipinski definition) is 3. The van der Waals surface area contributed by atoms with Crippen molar-refractivity contribution in [2.24, 2.45) is 5.84 Å². The van der Waals surface area contributed by atoms with Crippen LogP contribution in [0.2, 0.25) is 0 Å². The Balaban J connectivity index is 3.12. The highest BCUT2D eigenvalue weighted by molar-refractivity contribution is 14.2. The van der Waals surface area contributed by atoms with Crippen LogP contribution in [0.1, 0.15) is 5.56 Å². The van der Waals surface area contributed by atoms with Gasteiger partial charge in [-0.1, -0.05) is 62.9 Å². The second-order valence-electron chi connectivity index (χ2n) is 2.93. The fourth-order valence-electron chi connectivity index (χ4n) is 0.937. The van der Waals surface area contributed by atoms with Gasteiger partial charge in [0.05, 0.1) is 4.90 Å². The third kappa shape index (κ3) is 3.25. The number of hydrazine groups is 1. The molecule has 0 amide bonds. The van der Waals surface area contributed by atoms with Gasteiger partial charge in [0.1, 0.15) is 2.06 Å². The lowest BCUT2D eigenvalue weighted by atomic mass is 10.2. The van der Waals surface area contributed by atoms with Crippen LogP contribution in [0.25, 0.3) is 0 Å². The molecule has 0 saturated heterocycles. The Kier molecular flexibility index (Phi) is 4.77. The maximum Gasteiger partial charge on any atom is 0.257 e. The lowest BCUT2D eigenvalue weighted by Gasteiger charge is -2.17. The summed E-state index contributed by atoms with van der Waals surface area (Å²) < 4.78 is 24.3. The SMILES string of the molecule is Cc1ccc(S(=O)(=O)N(N)C(I)I)cc1. The van der Waals surface area contributed by atoms with Gasteiger partial charge in [0, 0.05) is 0 Å². The van der Waals surface area contributed by atoms with Crippen LogP contribution in [0, 0.1) is 6.92 Å². The molecule has 0 spiro atoms. The minimum absolute atomic E-state index is 0.217. The van der Waals surface area contributed by atoms with Crippen LogP contribution >= 0.6 is 45.2 Å². The summed E-state index contributed by atoms with van der Waals surface area (Å²) in [4.78, 5) is 0.217. The first-order chi connectivity index (χ1) is 6.85. The third-order valence-electron chi connectivity index (χ3n) is 1.79. The molecule has 0 aromatic heterocycles. The predicted octanol–water partition coefficient (Wildman–Crippen LogP) is 2.01. The zero-order valence-electron chi connectivity index (χ0n) is 7.89. The number of rotatable bonds is 3. The highest BCUT2D eigenvalue weighted by Gasteiger charge is 2.25. The van der Waals surface area contributed by atoms with E-state index in [4.69, 9.17) is 5.84 Å². The molecule has 0 heterocycles. The van der Waals surface area contributed by atoms with Gasteiger partial charge in [-0.25, -0.2) is 8.42 Å². The molecule has 2 N–H and O–H groups in total. The minimum Gasteiger partial charge on any atom is -0.253 e. The fourth-order valence-corrected chi connectivity index (χ4v) is 3.67. The van der Waals surface area contributed by atoms with Crippen molar-refractivity contribution in [2.45, 2.75) is 13.9 Å². The molecule has 4 nitrogen and oxygen atoms in total. The van der Waals surface area contributed by atoms with Gasteiger partial charge < -0.3 is 0 Å². The van der Waals surface area contributed by atoms with Crippen molar-refractivity contribution in [1.82, 2.24) is 4.41 Å². The Bertz CT molecular complexity index is 430. The summed E-state index contributed by atoms with van der Waals surface area (Å²) in [5.74, 6) is 5.49. The maximum absolute atomic E-state index is 11.9. The second kappa shape index (κ2) is 5.25. The van der Waals surface area contributed by atoms with E-state index in [2.05, 4.69) is 0 Å². The van der Waals surface area contributed by atoms with Crippen LogP contribution in [0.15, 0.2) is 29.2 Å². The summed E-state index contributed by atoms with van der Waals surface area (Å²) in [5.41, 5.74) is 1.01. The molecule has 0 atom stereocenters. The summed E-state index contributed by atoms with van der Waals surface area (Å²) in [6, 6.07) is 6.60. The lowest BCUT2D eigenvalue weighted by Crippen LogP contribution is -2.39. The average Bonchev–Trinajstić information content (AvgIpc) is 2.17. The van der Waals surface area contributed by atoms with E-state index in [-0.39, 0.29) is 6.95 Å². The van der Waals surface area contributed by atoms with Gasteiger partial charge in [-0.15, -0.1) is 4.41 Å². The van der Waals surface area contributed by atoms with Crippen LogP contribution in [0.5, 0.6) is 0 Å². The molecule has 0 fully saturated rings. The molecule has 1 aromatic rings. The Morgan fingerprint density at radius 3 is 2.13 bits per heavy atom. The molecule has 0 unspecified atom stereocenters. The van der Waals surface area contributed by atoms with Gasteiger partial charge in [0.15, 0.2) is 0 Å². The first-order valence-corrected chi connectivity index (χ1v) is 7.93. The van der Waals surface area contributed by atoms with Crippen LogP contribution in [-0.4, -0.2) is 14.9 Å². The van der Waals surface area contributed by atoms with E-state index in [0.717, 1.165) is 9.98 Å². The predicted molar refractivity (Wildman–Crippen MR) is 76.2 cm³/mol. The van der Waals surface area contributed by atoms with E-state index in [9.17, 15) is 8.42 Å². The van der Waals surface area contributed by atoms with Crippen molar-refractivity contribution in [1.29, 1.82) is 0 Å². The largest absolute Gasteiger partial charge is 0.257 e.